The lowest BCUT2D eigenvalue weighted by Crippen LogP contribution is -2.25. The number of hydrogen-bond donors (Lipinski definition) is 2. The lowest BCUT2D eigenvalue weighted by Gasteiger charge is -2.17. The lowest BCUT2D eigenvalue weighted by molar-refractivity contribution is 0.217. The number of imidazole rings is 1. The average Bonchev–Trinajstić information content (AvgIpc) is 2.86. The topological polar surface area (TPSA) is 61.0 Å². The molecule has 0 radical (unpaired) electrons. The number of nitrogens with one attached hydrogen (secondary N) is 2. The first-order valence-electron chi connectivity index (χ1n) is 5.19. The fourth-order valence-corrected chi connectivity index (χ4v) is 2.09. The van der Waals surface area contributed by atoms with Crippen molar-refractivity contribution in [3.8, 4) is 0 Å². The van der Waals surface area contributed by atoms with Gasteiger partial charge in [-0.05, 0) is 17.7 Å². The van der Waals surface area contributed by atoms with Crippen LogP contribution in [0.25, 0.3) is 11.0 Å². The third-order valence-corrected chi connectivity index (χ3v) is 3.06. The van der Waals surface area contributed by atoms with Gasteiger partial charge in [-0.25, -0.2) is 9.78 Å². The molecular formula is C11H12N4O. The summed E-state index contributed by atoms with van der Waals surface area (Å²) in [6.45, 7) is 0.662. The fraction of sp³-hybridized carbons (Fsp3) is 0.273. The van der Waals surface area contributed by atoms with Crippen molar-refractivity contribution in [3.05, 3.63) is 30.1 Å². The van der Waals surface area contributed by atoms with Crippen LogP contribution in [0.4, 0.5) is 4.79 Å². The highest BCUT2D eigenvalue weighted by Gasteiger charge is 2.28. The van der Waals surface area contributed by atoms with Gasteiger partial charge in [-0.1, -0.05) is 6.07 Å². The quantitative estimate of drug-likeness (QED) is 0.753. The van der Waals surface area contributed by atoms with Crippen LogP contribution in [-0.2, 0) is 0 Å². The first-order chi connectivity index (χ1) is 7.75. The molecule has 2 amide bonds. The zero-order valence-electron chi connectivity index (χ0n) is 8.90. The SMILES string of the molecule is CN1C(=O)NCC1c1ccc2nc[nH]c2c1. The maximum atomic E-state index is 11.4. The molecule has 16 heavy (non-hydrogen) atoms. The van der Waals surface area contributed by atoms with Gasteiger partial charge >= 0.3 is 6.03 Å². The van der Waals surface area contributed by atoms with E-state index in [4.69, 9.17) is 0 Å². The summed E-state index contributed by atoms with van der Waals surface area (Å²) in [6.07, 6.45) is 1.68. The molecule has 1 aliphatic heterocycles. The molecule has 0 aliphatic carbocycles. The van der Waals surface area contributed by atoms with Crippen LogP contribution < -0.4 is 5.32 Å². The van der Waals surface area contributed by atoms with E-state index in [0.29, 0.717) is 6.54 Å². The Balaban J connectivity index is 2.02. The van der Waals surface area contributed by atoms with E-state index in [1.54, 1.807) is 11.2 Å². The number of fused-ring (bicyclic) bond motifs is 1. The molecule has 1 saturated heterocycles. The van der Waals surface area contributed by atoms with E-state index < -0.39 is 0 Å². The van der Waals surface area contributed by atoms with Gasteiger partial charge in [0.25, 0.3) is 0 Å². The Morgan fingerprint density at radius 2 is 2.38 bits per heavy atom. The maximum absolute atomic E-state index is 11.4. The number of carbonyl (C=O) groups excluding carboxylic acids is 1. The minimum absolute atomic E-state index is 0.0188. The Morgan fingerprint density at radius 1 is 1.50 bits per heavy atom. The summed E-state index contributed by atoms with van der Waals surface area (Å²) in [7, 11) is 1.81. The van der Waals surface area contributed by atoms with Crippen LogP contribution in [0, 0.1) is 0 Å². The van der Waals surface area contributed by atoms with Crippen LogP contribution in [0.5, 0.6) is 0 Å². The van der Waals surface area contributed by atoms with E-state index in [1.165, 1.54) is 0 Å². The van der Waals surface area contributed by atoms with Crippen LogP contribution in [0.15, 0.2) is 24.5 Å². The fourth-order valence-electron chi connectivity index (χ4n) is 2.09. The number of aromatic amines is 1. The summed E-state index contributed by atoms with van der Waals surface area (Å²) in [6, 6.07) is 6.13. The molecule has 5 heteroatoms. The molecule has 1 atom stereocenters. The number of amides is 2. The van der Waals surface area contributed by atoms with Gasteiger partial charge in [0.1, 0.15) is 0 Å². The molecule has 1 aliphatic rings. The molecule has 1 aromatic heterocycles. The summed E-state index contributed by atoms with van der Waals surface area (Å²) >= 11 is 0. The van der Waals surface area contributed by atoms with Gasteiger partial charge in [-0.2, -0.15) is 0 Å². The lowest BCUT2D eigenvalue weighted by atomic mass is 10.1. The molecule has 0 spiro atoms. The van der Waals surface area contributed by atoms with E-state index >= 15 is 0 Å². The first-order valence-corrected chi connectivity index (χ1v) is 5.19. The van der Waals surface area contributed by atoms with Crippen LogP contribution in [0.3, 0.4) is 0 Å². The highest BCUT2D eigenvalue weighted by atomic mass is 16.2. The Labute approximate surface area is 92.5 Å². The number of rotatable bonds is 1. The predicted octanol–water partition coefficient (Wildman–Crippen LogP) is 1.26. The van der Waals surface area contributed by atoms with Crippen molar-refractivity contribution in [2.45, 2.75) is 6.04 Å². The van der Waals surface area contributed by atoms with Gasteiger partial charge in [0.2, 0.25) is 0 Å². The smallest absolute Gasteiger partial charge is 0.317 e. The van der Waals surface area contributed by atoms with E-state index in [0.717, 1.165) is 16.6 Å². The van der Waals surface area contributed by atoms with Gasteiger partial charge in [-0.3, -0.25) is 0 Å². The van der Waals surface area contributed by atoms with Crippen LogP contribution in [-0.4, -0.2) is 34.5 Å². The molecular weight excluding hydrogens is 204 g/mol. The van der Waals surface area contributed by atoms with Gasteiger partial charge in [0, 0.05) is 13.6 Å². The van der Waals surface area contributed by atoms with Crippen molar-refractivity contribution in [3.63, 3.8) is 0 Å². The number of likely N-dealkylation sites (N-methyl/N-ethyl adjacent to an activating group) is 1. The Morgan fingerprint density at radius 3 is 3.12 bits per heavy atom. The number of H-pyrrole nitrogens is 1. The number of benzene rings is 1. The number of hydrogen-bond acceptors (Lipinski definition) is 2. The third kappa shape index (κ3) is 1.25. The molecule has 5 nitrogen and oxygen atoms in total. The molecule has 1 fully saturated rings. The number of carbonyl (C=O) groups is 1. The van der Waals surface area contributed by atoms with Crippen molar-refractivity contribution in [2.75, 3.05) is 13.6 Å². The van der Waals surface area contributed by atoms with Gasteiger partial charge in [-0.15, -0.1) is 0 Å². The summed E-state index contributed by atoms with van der Waals surface area (Å²) in [5.41, 5.74) is 3.08. The Bertz CT molecular complexity index is 548. The second-order valence-electron chi connectivity index (χ2n) is 3.99. The largest absolute Gasteiger partial charge is 0.345 e. The minimum Gasteiger partial charge on any atom is -0.345 e. The normalized spacial score (nSPS) is 20.4. The zero-order valence-corrected chi connectivity index (χ0v) is 8.90. The Kier molecular flexibility index (Phi) is 1.86. The first kappa shape index (κ1) is 9.21. The minimum atomic E-state index is -0.0188. The predicted molar refractivity (Wildman–Crippen MR) is 60.0 cm³/mol. The van der Waals surface area contributed by atoms with Gasteiger partial charge in [0.05, 0.1) is 23.4 Å². The summed E-state index contributed by atoms with van der Waals surface area (Å²) < 4.78 is 0. The molecule has 3 rings (SSSR count). The molecule has 1 aromatic carbocycles. The molecule has 0 bridgehead atoms. The van der Waals surface area contributed by atoms with Crippen molar-refractivity contribution in [2.24, 2.45) is 0 Å². The maximum Gasteiger partial charge on any atom is 0.317 e. The van der Waals surface area contributed by atoms with Crippen LogP contribution in [0.1, 0.15) is 11.6 Å². The highest BCUT2D eigenvalue weighted by molar-refractivity contribution is 5.78. The molecule has 82 valence electrons. The van der Waals surface area contributed by atoms with Crippen LogP contribution >= 0.6 is 0 Å². The zero-order chi connectivity index (χ0) is 11.1. The number of aromatic nitrogens is 2. The second kappa shape index (κ2) is 3.23. The number of nitrogens with zero attached hydrogens (tertiary/aromatic N) is 2. The average molecular weight is 216 g/mol. The van der Waals surface area contributed by atoms with Crippen molar-refractivity contribution >= 4 is 17.1 Å². The van der Waals surface area contributed by atoms with E-state index in [9.17, 15) is 4.79 Å². The highest BCUT2D eigenvalue weighted by Crippen LogP contribution is 2.24. The summed E-state index contributed by atoms with van der Waals surface area (Å²) in [4.78, 5) is 20.3. The van der Waals surface area contributed by atoms with Gasteiger partial charge in [0.15, 0.2) is 0 Å². The molecule has 0 saturated carbocycles. The summed E-state index contributed by atoms with van der Waals surface area (Å²) in [5, 5.41) is 2.82. The molecule has 2 heterocycles. The molecule has 2 N–H and O–H groups in total. The van der Waals surface area contributed by atoms with E-state index in [2.05, 4.69) is 15.3 Å². The van der Waals surface area contributed by atoms with Gasteiger partial charge < -0.3 is 15.2 Å². The van der Waals surface area contributed by atoms with Crippen LogP contribution in [0.2, 0.25) is 0 Å². The Hall–Kier alpha value is -2.04. The monoisotopic (exact) mass is 216 g/mol. The van der Waals surface area contributed by atoms with Crippen molar-refractivity contribution in [1.82, 2.24) is 20.2 Å². The van der Waals surface area contributed by atoms with Crippen molar-refractivity contribution < 1.29 is 4.79 Å². The van der Waals surface area contributed by atoms with Crippen molar-refractivity contribution in [1.29, 1.82) is 0 Å². The molecule has 1 unspecified atom stereocenters. The standard InChI is InChI=1S/C11H12N4O/c1-15-10(5-12-11(15)16)7-2-3-8-9(4-7)14-6-13-8/h2-4,6,10H,5H2,1H3,(H,12,16)(H,13,14). The summed E-state index contributed by atoms with van der Waals surface area (Å²) in [5.74, 6) is 0. The van der Waals surface area contributed by atoms with E-state index in [1.807, 2.05) is 25.2 Å². The third-order valence-electron chi connectivity index (χ3n) is 3.06. The number of urea groups is 1. The molecule has 2 aromatic rings. The second-order valence-corrected chi connectivity index (χ2v) is 3.99. The van der Waals surface area contributed by atoms with E-state index in [-0.39, 0.29) is 12.1 Å².